The van der Waals surface area contributed by atoms with Crippen molar-refractivity contribution in [3.05, 3.63) is 22.2 Å². The molecule has 0 amide bonds. The molecule has 0 spiro atoms. The van der Waals surface area contributed by atoms with Crippen molar-refractivity contribution in [1.82, 2.24) is 4.98 Å². The van der Waals surface area contributed by atoms with Gasteiger partial charge in [-0.05, 0) is 12.0 Å². The maximum absolute atomic E-state index is 5.76. The molecule has 5 heteroatoms. The van der Waals surface area contributed by atoms with Crippen molar-refractivity contribution in [2.45, 2.75) is 6.42 Å². The van der Waals surface area contributed by atoms with Gasteiger partial charge in [0.25, 0.3) is 0 Å². The highest BCUT2D eigenvalue weighted by molar-refractivity contribution is 7.19. The third-order valence-corrected chi connectivity index (χ3v) is 3.00. The molecule has 1 aromatic heterocycles. The van der Waals surface area contributed by atoms with Crippen molar-refractivity contribution in [3.8, 4) is 0 Å². The van der Waals surface area contributed by atoms with Crippen molar-refractivity contribution in [3.63, 3.8) is 0 Å². The average molecular weight is 231 g/mol. The number of nitrogens with zero attached hydrogens (tertiary/aromatic N) is 1. The lowest BCUT2D eigenvalue weighted by atomic mass is 10.2. The van der Waals surface area contributed by atoms with E-state index in [-0.39, 0.29) is 0 Å². The van der Waals surface area contributed by atoms with Crippen molar-refractivity contribution in [1.29, 1.82) is 0 Å². The average Bonchev–Trinajstić information content (AvgIpc) is 2.63. The Balaban J connectivity index is 1.84. The molecule has 0 bridgehead atoms. The molecule has 1 aliphatic rings. The third kappa shape index (κ3) is 2.70. The summed E-state index contributed by atoms with van der Waals surface area (Å²) >= 11 is 7.21. The summed E-state index contributed by atoms with van der Waals surface area (Å²) in [5.74, 6) is 0. The number of halogens is 1. The van der Waals surface area contributed by atoms with Gasteiger partial charge in [-0.3, -0.25) is 0 Å². The molecule has 14 heavy (non-hydrogen) atoms. The van der Waals surface area contributed by atoms with Crippen molar-refractivity contribution in [2.75, 3.05) is 25.1 Å². The van der Waals surface area contributed by atoms with Gasteiger partial charge in [-0.2, -0.15) is 0 Å². The maximum Gasteiger partial charge on any atom is 0.184 e. The lowest BCUT2D eigenvalue weighted by Crippen LogP contribution is -2.13. The first kappa shape index (κ1) is 9.96. The quantitative estimate of drug-likeness (QED) is 0.811. The van der Waals surface area contributed by atoms with E-state index in [1.54, 1.807) is 6.20 Å². The molecular weight excluding hydrogens is 220 g/mol. The molecule has 3 nitrogen and oxygen atoms in total. The van der Waals surface area contributed by atoms with Crippen molar-refractivity contribution >= 4 is 28.1 Å². The number of anilines is 1. The number of hydrogen-bond acceptors (Lipinski definition) is 4. The molecule has 76 valence electrons. The number of nitrogens with one attached hydrogen (secondary N) is 1. The second-order valence-corrected chi connectivity index (χ2v) is 4.69. The largest absolute Gasteiger partial charge is 0.377 e. The van der Waals surface area contributed by atoms with Gasteiger partial charge in [0.15, 0.2) is 5.13 Å². The summed E-state index contributed by atoms with van der Waals surface area (Å²) in [4.78, 5) is 4.11. The van der Waals surface area contributed by atoms with Crippen LogP contribution in [0.1, 0.15) is 6.42 Å². The Hall–Kier alpha value is -0.580. The van der Waals surface area contributed by atoms with Gasteiger partial charge < -0.3 is 10.1 Å². The molecule has 0 radical (unpaired) electrons. The van der Waals surface area contributed by atoms with E-state index in [4.69, 9.17) is 16.3 Å². The number of rotatable bonds is 3. The Labute approximate surface area is 91.8 Å². The predicted octanol–water partition coefficient (Wildman–Crippen LogP) is 2.56. The molecule has 0 fully saturated rings. The smallest absolute Gasteiger partial charge is 0.184 e. The van der Waals surface area contributed by atoms with Crippen LogP contribution in [0.5, 0.6) is 0 Å². The zero-order chi connectivity index (χ0) is 9.80. The van der Waals surface area contributed by atoms with E-state index in [1.165, 1.54) is 16.9 Å². The van der Waals surface area contributed by atoms with Crippen LogP contribution in [0.15, 0.2) is 17.8 Å². The summed E-state index contributed by atoms with van der Waals surface area (Å²) in [5.41, 5.74) is 1.28. The molecule has 0 atom stereocenters. The molecule has 2 rings (SSSR count). The molecule has 0 unspecified atom stereocenters. The molecule has 0 aromatic carbocycles. The normalized spacial score (nSPS) is 16.5. The Bertz CT molecular complexity index is 337. The van der Waals surface area contributed by atoms with E-state index in [0.717, 1.165) is 31.3 Å². The Morgan fingerprint density at radius 1 is 1.64 bits per heavy atom. The van der Waals surface area contributed by atoms with Crippen LogP contribution in [0.2, 0.25) is 4.34 Å². The van der Waals surface area contributed by atoms with Crippen LogP contribution in [-0.4, -0.2) is 24.7 Å². The first-order valence-electron chi connectivity index (χ1n) is 4.45. The number of hydrogen-bond donors (Lipinski definition) is 1. The van der Waals surface area contributed by atoms with Gasteiger partial charge in [-0.1, -0.05) is 29.0 Å². The highest BCUT2D eigenvalue weighted by atomic mass is 35.5. The Morgan fingerprint density at radius 2 is 2.57 bits per heavy atom. The van der Waals surface area contributed by atoms with Crippen molar-refractivity contribution in [2.24, 2.45) is 0 Å². The zero-order valence-electron chi connectivity index (χ0n) is 7.62. The maximum atomic E-state index is 5.76. The minimum atomic E-state index is 0.710. The second-order valence-electron chi connectivity index (χ2n) is 3.03. The molecule has 0 aliphatic carbocycles. The van der Waals surface area contributed by atoms with Crippen LogP contribution in [-0.2, 0) is 4.74 Å². The van der Waals surface area contributed by atoms with Gasteiger partial charge in [-0.25, -0.2) is 4.98 Å². The fourth-order valence-corrected chi connectivity index (χ4v) is 2.06. The van der Waals surface area contributed by atoms with E-state index in [9.17, 15) is 0 Å². The first-order valence-corrected chi connectivity index (χ1v) is 5.65. The van der Waals surface area contributed by atoms with Crippen LogP contribution in [0, 0.1) is 0 Å². The Kier molecular flexibility index (Phi) is 3.39. The van der Waals surface area contributed by atoms with E-state index in [0.29, 0.717) is 4.34 Å². The monoisotopic (exact) mass is 230 g/mol. The van der Waals surface area contributed by atoms with Gasteiger partial charge in [-0.15, -0.1) is 0 Å². The molecule has 1 aliphatic heterocycles. The highest BCUT2D eigenvalue weighted by Gasteiger charge is 2.04. The zero-order valence-corrected chi connectivity index (χ0v) is 9.20. The van der Waals surface area contributed by atoms with Crippen LogP contribution in [0.4, 0.5) is 5.13 Å². The van der Waals surface area contributed by atoms with Crippen LogP contribution >= 0.6 is 22.9 Å². The predicted molar refractivity (Wildman–Crippen MR) is 59.1 cm³/mol. The number of thiazole rings is 1. The summed E-state index contributed by atoms with van der Waals surface area (Å²) in [7, 11) is 0. The first-order chi connectivity index (χ1) is 6.84. The van der Waals surface area contributed by atoms with E-state index in [1.807, 2.05) is 0 Å². The fraction of sp³-hybridized carbons (Fsp3) is 0.444. The molecule has 2 heterocycles. The molecule has 0 saturated carbocycles. The van der Waals surface area contributed by atoms with Crippen LogP contribution < -0.4 is 5.32 Å². The Morgan fingerprint density at radius 3 is 3.21 bits per heavy atom. The highest BCUT2D eigenvalue weighted by Crippen LogP contribution is 2.22. The summed E-state index contributed by atoms with van der Waals surface area (Å²) < 4.78 is 6.03. The summed E-state index contributed by atoms with van der Waals surface area (Å²) in [5, 5.41) is 4.07. The topological polar surface area (TPSA) is 34.2 Å². The van der Waals surface area contributed by atoms with Crippen molar-refractivity contribution < 1.29 is 4.74 Å². The number of ether oxygens (including phenoxy) is 1. The summed E-state index contributed by atoms with van der Waals surface area (Å²) in [6.45, 7) is 2.36. The minimum Gasteiger partial charge on any atom is -0.377 e. The van der Waals surface area contributed by atoms with E-state index < -0.39 is 0 Å². The second kappa shape index (κ2) is 4.77. The lowest BCUT2D eigenvalue weighted by Gasteiger charge is -2.13. The minimum absolute atomic E-state index is 0.710. The van der Waals surface area contributed by atoms with E-state index >= 15 is 0 Å². The van der Waals surface area contributed by atoms with Gasteiger partial charge in [0.05, 0.1) is 19.4 Å². The van der Waals surface area contributed by atoms with Crippen LogP contribution in [0.25, 0.3) is 0 Å². The summed E-state index contributed by atoms with van der Waals surface area (Å²) in [6, 6.07) is 0. The van der Waals surface area contributed by atoms with Gasteiger partial charge in [0.1, 0.15) is 4.34 Å². The van der Waals surface area contributed by atoms with E-state index in [2.05, 4.69) is 16.4 Å². The molecule has 1 N–H and O–H groups in total. The molecule has 0 saturated heterocycles. The summed E-state index contributed by atoms with van der Waals surface area (Å²) in [6.07, 6.45) is 4.88. The van der Waals surface area contributed by atoms with Gasteiger partial charge in [0, 0.05) is 6.54 Å². The fourth-order valence-electron chi connectivity index (χ4n) is 1.26. The third-order valence-electron chi connectivity index (χ3n) is 1.93. The molecule has 1 aromatic rings. The lowest BCUT2D eigenvalue weighted by molar-refractivity contribution is 0.150. The van der Waals surface area contributed by atoms with Gasteiger partial charge in [0.2, 0.25) is 0 Å². The standard InChI is InChI=1S/C9H11ClN2OS/c10-8-5-12-9(14-8)11-4-7-2-1-3-13-6-7/h2,5H,1,3-4,6H2,(H,11,12). The van der Waals surface area contributed by atoms with Crippen LogP contribution in [0.3, 0.4) is 0 Å². The SMILES string of the molecule is Clc1cnc(NCC2=CCCOC2)s1. The number of aromatic nitrogens is 1. The molecular formula is C9H11ClN2OS. The van der Waals surface area contributed by atoms with Gasteiger partial charge >= 0.3 is 0 Å².